The molecule has 0 amide bonds. The van der Waals surface area contributed by atoms with E-state index in [9.17, 15) is 0 Å². The first kappa shape index (κ1) is 10.6. The minimum Gasteiger partial charge on any atom is -0.362 e. The number of rotatable bonds is 3. The number of hydrazone groups is 1. The lowest BCUT2D eigenvalue weighted by Gasteiger charge is -2.02. The van der Waals surface area contributed by atoms with Gasteiger partial charge in [0.25, 0.3) is 0 Å². The first-order chi connectivity index (χ1) is 6.83. The van der Waals surface area contributed by atoms with Crippen LogP contribution >= 0.6 is 12.2 Å². The lowest BCUT2D eigenvalue weighted by Crippen LogP contribution is -2.31. The van der Waals surface area contributed by atoms with Crippen LogP contribution in [0, 0.1) is 0 Å². The highest BCUT2D eigenvalue weighted by molar-refractivity contribution is 7.80. The quantitative estimate of drug-likeness (QED) is 0.440. The number of hydrogen-bond donors (Lipinski definition) is 2. The number of nitrogens with zero attached hydrogens (tertiary/aromatic N) is 2. The Balaban J connectivity index is 2.38. The fraction of sp³-hybridized carbons (Fsp3) is 0.222. The molecule has 1 aromatic rings. The lowest BCUT2D eigenvalue weighted by molar-refractivity contribution is 0.904. The molecule has 5 heteroatoms. The summed E-state index contributed by atoms with van der Waals surface area (Å²) in [7, 11) is 0. The Bertz CT molecular complexity index is 310. The summed E-state index contributed by atoms with van der Waals surface area (Å²) in [5.74, 6) is 0. The molecule has 0 aromatic carbocycles. The van der Waals surface area contributed by atoms with E-state index in [-0.39, 0.29) is 0 Å². The second-order valence-corrected chi connectivity index (χ2v) is 2.92. The predicted molar refractivity (Wildman–Crippen MR) is 61.2 cm³/mol. The van der Waals surface area contributed by atoms with Crippen molar-refractivity contribution in [2.45, 2.75) is 6.92 Å². The summed E-state index contributed by atoms with van der Waals surface area (Å²) in [4.78, 5) is 3.95. The van der Waals surface area contributed by atoms with E-state index in [1.54, 1.807) is 18.6 Å². The molecular weight excluding hydrogens is 196 g/mol. The highest BCUT2D eigenvalue weighted by atomic mass is 32.1. The maximum Gasteiger partial charge on any atom is 0.186 e. The first-order valence-corrected chi connectivity index (χ1v) is 4.70. The molecule has 1 aromatic heterocycles. The monoisotopic (exact) mass is 208 g/mol. The second kappa shape index (κ2) is 6.04. The Labute approximate surface area is 88.4 Å². The van der Waals surface area contributed by atoms with Crippen LogP contribution in [0.5, 0.6) is 0 Å². The summed E-state index contributed by atoms with van der Waals surface area (Å²) in [5.41, 5.74) is 3.62. The van der Waals surface area contributed by atoms with Crippen LogP contribution in [-0.2, 0) is 0 Å². The summed E-state index contributed by atoms with van der Waals surface area (Å²) >= 11 is 4.92. The number of pyridine rings is 1. The van der Waals surface area contributed by atoms with Crippen LogP contribution in [0.4, 0.5) is 0 Å². The van der Waals surface area contributed by atoms with Gasteiger partial charge in [0.1, 0.15) is 0 Å². The number of nitrogens with one attached hydrogen (secondary N) is 2. The van der Waals surface area contributed by atoms with E-state index >= 15 is 0 Å². The van der Waals surface area contributed by atoms with E-state index in [2.05, 4.69) is 20.8 Å². The van der Waals surface area contributed by atoms with E-state index in [0.717, 1.165) is 12.1 Å². The van der Waals surface area contributed by atoms with Crippen molar-refractivity contribution < 1.29 is 0 Å². The molecule has 0 aliphatic heterocycles. The van der Waals surface area contributed by atoms with E-state index in [0.29, 0.717) is 5.11 Å². The first-order valence-electron chi connectivity index (χ1n) is 4.30. The lowest BCUT2D eigenvalue weighted by atomic mass is 10.3. The van der Waals surface area contributed by atoms with E-state index in [1.165, 1.54) is 0 Å². The molecule has 14 heavy (non-hydrogen) atoms. The van der Waals surface area contributed by atoms with Crippen LogP contribution in [0.3, 0.4) is 0 Å². The standard InChI is InChI=1S/C9H12N4S/c1-2-11-9(14)13-12-7-8-4-3-5-10-6-8/h3-7H,2H2,1H3,(H2,11,13,14). The van der Waals surface area contributed by atoms with Crippen LogP contribution in [0.2, 0.25) is 0 Å². The van der Waals surface area contributed by atoms with Gasteiger partial charge in [-0.2, -0.15) is 5.10 Å². The molecular formula is C9H12N4S. The van der Waals surface area contributed by atoms with Gasteiger partial charge in [-0.1, -0.05) is 6.07 Å². The molecule has 0 aliphatic rings. The van der Waals surface area contributed by atoms with E-state index < -0.39 is 0 Å². The molecule has 0 radical (unpaired) electrons. The highest BCUT2D eigenvalue weighted by Crippen LogP contribution is 1.89. The van der Waals surface area contributed by atoms with Crippen molar-refractivity contribution in [3.63, 3.8) is 0 Å². The van der Waals surface area contributed by atoms with Gasteiger partial charge in [-0.25, -0.2) is 0 Å². The van der Waals surface area contributed by atoms with Gasteiger partial charge < -0.3 is 5.32 Å². The number of hydrogen-bond acceptors (Lipinski definition) is 3. The fourth-order valence-electron chi connectivity index (χ4n) is 0.818. The third-order valence-corrected chi connectivity index (χ3v) is 1.64. The zero-order chi connectivity index (χ0) is 10.2. The molecule has 2 N–H and O–H groups in total. The largest absolute Gasteiger partial charge is 0.362 e. The molecule has 0 saturated heterocycles. The highest BCUT2D eigenvalue weighted by Gasteiger charge is 1.88. The molecule has 1 heterocycles. The van der Waals surface area contributed by atoms with E-state index in [1.807, 2.05) is 19.1 Å². The molecule has 74 valence electrons. The van der Waals surface area contributed by atoms with Crippen molar-refractivity contribution >= 4 is 23.5 Å². The molecule has 0 saturated carbocycles. The molecule has 0 spiro atoms. The Morgan fingerprint density at radius 1 is 1.71 bits per heavy atom. The summed E-state index contributed by atoms with van der Waals surface area (Å²) in [5, 5.41) is 7.39. The van der Waals surface area contributed by atoms with E-state index in [4.69, 9.17) is 12.2 Å². The third-order valence-electron chi connectivity index (χ3n) is 1.40. The van der Waals surface area contributed by atoms with Crippen molar-refractivity contribution in [1.82, 2.24) is 15.7 Å². The van der Waals surface area contributed by atoms with Gasteiger partial charge in [-0.3, -0.25) is 10.4 Å². The molecule has 4 nitrogen and oxygen atoms in total. The van der Waals surface area contributed by atoms with Crippen LogP contribution in [0.1, 0.15) is 12.5 Å². The van der Waals surface area contributed by atoms with Crippen LogP contribution in [0.25, 0.3) is 0 Å². The smallest absolute Gasteiger partial charge is 0.186 e. The average molecular weight is 208 g/mol. The Hall–Kier alpha value is -1.49. The average Bonchev–Trinajstić information content (AvgIpc) is 2.20. The van der Waals surface area contributed by atoms with Crippen molar-refractivity contribution in [3.8, 4) is 0 Å². The Morgan fingerprint density at radius 3 is 3.21 bits per heavy atom. The maximum atomic E-state index is 4.92. The molecule has 0 aliphatic carbocycles. The van der Waals surface area contributed by atoms with Gasteiger partial charge in [0, 0.05) is 24.5 Å². The SMILES string of the molecule is CCNC(=S)NN=Cc1cccnc1. The number of aromatic nitrogens is 1. The van der Waals surface area contributed by atoms with Gasteiger partial charge >= 0.3 is 0 Å². The minimum absolute atomic E-state index is 0.521. The summed E-state index contributed by atoms with van der Waals surface area (Å²) in [6.07, 6.45) is 5.10. The molecule has 0 unspecified atom stereocenters. The van der Waals surface area contributed by atoms with Crippen molar-refractivity contribution in [3.05, 3.63) is 30.1 Å². The Morgan fingerprint density at radius 2 is 2.57 bits per heavy atom. The molecule has 0 fully saturated rings. The van der Waals surface area contributed by atoms with Crippen molar-refractivity contribution in [1.29, 1.82) is 0 Å². The van der Waals surface area contributed by atoms with Crippen LogP contribution < -0.4 is 10.7 Å². The van der Waals surface area contributed by atoms with Gasteiger partial charge in [0.05, 0.1) is 6.21 Å². The zero-order valence-electron chi connectivity index (χ0n) is 7.90. The van der Waals surface area contributed by atoms with Crippen LogP contribution in [-0.4, -0.2) is 22.9 Å². The van der Waals surface area contributed by atoms with Gasteiger partial charge in [0.15, 0.2) is 5.11 Å². The molecule has 0 atom stereocenters. The summed E-state index contributed by atoms with van der Waals surface area (Å²) in [6, 6.07) is 3.76. The zero-order valence-corrected chi connectivity index (χ0v) is 8.71. The van der Waals surface area contributed by atoms with Crippen LogP contribution in [0.15, 0.2) is 29.6 Å². The second-order valence-electron chi connectivity index (χ2n) is 2.52. The van der Waals surface area contributed by atoms with Gasteiger partial charge in [-0.15, -0.1) is 0 Å². The Kier molecular flexibility index (Phi) is 4.57. The number of thiocarbonyl (C=S) groups is 1. The van der Waals surface area contributed by atoms with Crippen molar-refractivity contribution in [2.24, 2.45) is 5.10 Å². The minimum atomic E-state index is 0.521. The van der Waals surface area contributed by atoms with Gasteiger partial charge in [0.2, 0.25) is 0 Å². The van der Waals surface area contributed by atoms with Gasteiger partial charge in [-0.05, 0) is 25.2 Å². The maximum absolute atomic E-state index is 4.92. The molecule has 0 bridgehead atoms. The third kappa shape index (κ3) is 3.95. The summed E-state index contributed by atoms with van der Waals surface area (Å²) in [6.45, 7) is 2.76. The molecule has 1 rings (SSSR count). The normalized spacial score (nSPS) is 10.1. The predicted octanol–water partition coefficient (Wildman–Crippen LogP) is 0.900. The summed E-state index contributed by atoms with van der Waals surface area (Å²) < 4.78 is 0. The topological polar surface area (TPSA) is 49.3 Å². The van der Waals surface area contributed by atoms with Crippen molar-refractivity contribution in [2.75, 3.05) is 6.54 Å². The fourth-order valence-corrected chi connectivity index (χ4v) is 1.01.